The van der Waals surface area contributed by atoms with Crippen LogP contribution in [0.3, 0.4) is 0 Å². The van der Waals surface area contributed by atoms with Gasteiger partial charge in [0.2, 0.25) is 0 Å². The Labute approximate surface area is 344 Å². The summed E-state index contributed by atoms with van der Waals surface area (Å²) >= 11 is 0. The molecule has 0 amide bonds. The molecule has 0 spiro atoms. The molecule has 6 atom stereocenters. The van der Waals surface area contributed by atoms with Gasteiger partial charge < -0.3 is 14.2 Å². The molecule has 2 heterocycles. The number of anilines is 2. The Bertz CT molecular complexity index is 2410. The van der Waals surface area contributed by atoms with Gasteiger partial charge in [0.05, 0.1) is 5.52 Å². The van der Waals surface area contributed by atoms with E-state index in [1.165, 1.54) is 100 Å². The highest BCUT2D eigenvalue weighted by Crippen LogP contribution is 2.53. The molecule has 11 rings (SSSR count). The van der Waals surface area contributed by atoms with Crippen LogP contribution in [-0.2, 0) is 11.2 Å². The molecule has 0 fully saturated rings. The van der Waals surface area contributed by atoms with E-state index < -0.39 is 0 Å². The largest absolute Gasteiger partial charge is 0.489 e. The molecule has 4 aromatic rings. The predicted octanol–water partition coefficient (Wildman–Crippen LogP) is 13.3. The minimum atomic E-state index is 0.131. The summed E-state index contributed by atoms with van der Waals surface area (Å²) in [4.78, 5) is 5.34. The summed E-state index contributed by atoms with van der Waals surface area (Å²) in [5.41, 5.74) is 11.9. The normalized spacial score (nSPS) is 27.3. The van der Waals surface area contributed by atoms with Crippen molar-refractivity contribution in [2.45, 2.75) is 107 Å². The average molecular weight is 762 g/mol. The van der Waals surface area contributed by atoms with Crippen molar-refractivity contribution >= 4 is 28.0 Å². The highest BCUT2D eigenvalue weighted by atomic mass is 16.5. The second kappa shape index (κ2) is 15.5. The number of hydrogen-bond donors (Lipinski definition) is 0. The number of nitrogens with zero attached hydrogens (tertiary/aromatic N) is 3. The van der Waals surface area contributed by atoms with Crippen molar-refractivity contribution in [3.63, 3.8) is 0 Å². The molecule has 1 aliphatic heterocycles. The van der Waals surface area contributed by atoms with E-state index >= 15 is 0 Å². The third-order valence-electron chi connectivity index (χ3n) is 14.1. The average Bonchev–Trinajstić information content (AvgIpc) is 3.85. The van der Waals surface area contributed by atoms with Gasteiger partial charge in [0.1, 0.15) is 11.9 Å². The molecule has 1 aromatic heterocycles. The van der Waals surface area contributed by atoms with Crippen LogP contribution in [0.4, 0.5) is 11.4 Å². The van der Waals surface area contributed by atoms with Crippen molar-refractivity contribution in [2.75, 3.05) is 4.90 Å². The summed E-state index contributed by atoms with van der Waals surface area (Å²) in [7, 11) is 0. The van der Waals surface area contributed by atoms with Gasteiger partial charge in [-0.2, -0.15) is 0 Å². The fourth-order valence-electron chi connectivity index (χ4n) is 11.4. The summed E-state index contributed by atoms with van der Waals surface area (Å²) in [6.07, 6.45) is 42.8. The Balaban J connectivity index is 0.834. The molecule has 6 unspecified atom stereocenters. The predicted molar refractivity (Wildman–Crippen MR) is 240 cm³/mol. The maximum Gasteiger partial charge on any atom is 0.133 e. The number of benzene rings is 3. The van der Waals surface area contributed by atoms with Crippen LogP contribution < -0.4 is 4.90 Å². The standard InChI is InChI=1S/C54H55N3O/c1-4-14-40(15-5-1)55(41-16-6-2-7-17-41)44-32-34-45(35-33-44)56(42-18-8-3-9-19-42)43-28-24-38(25-29-43)39-26-30-46(31-27-39)57-50-22-12-10-21-49(50)53-51(57)37-36-48-47-20-11-13-23-52(47)58-54(48)53/h1-4,6,8-12,18-22,24-26,28-32,34-35,39-41,44,48,54H,5,7,13-17,23,27,33,36-37H2. The first-order valence-corrected chi connectivity index (χ1v) is 22.3. The first-order valence-electron chi connectivity index (χ1n) is 22.3. The topological polar surface area (TPSA) is 20.6 Å². The van der Waals surface area contributed by atoms with Crippen LogP contribution in [0.5, 0.6) is 0 Å². The molecular weight excluding hydrogens is 707 g/mol. The Morgan fingerprint density at radius 1 is 0.621 bits per heavy atom. The van der Waals surface area contributed by atoms with E-state index in [9.17, 15) is 0 Å². The van der Waals surface area contributed by atoms with E-state index in [2.05, 4.69) is 166 Å². The SMILES string of the molecule is C1=CC2=C(CC1)OC1c3c(n(C4=CCC(c5ccc(N(C6=CCC(N(C7CC=CCC7)C7CC=CCC7)C=C6)c6ccccc6)cc5)C=C4)c4ccccc34)CCC21. The lowest BCUT2D eigenvalue weighted by Crippen LogP contribution is -2.49. The lowest BCUT2D eigenvalue weighted by molar-refractivity contribution is 0.0862. The summed E-state index contributed by atoms with van der Waals surface area (Å²) < 4.78 is 9.35. The number of allylic oxidation sites excluding steroid dienone is 10. The molecule has 6 aliphatic carbocycles. The van der Waals surface area contributed by atoms with Crippen LogP contribution in [0.25, 0.3) is 16.6 Å². The minimum Gasteiger partial charge on any atom is -0.489 e. The van der Waals surface area contributed by atoms with Gasteiger partial charge >= 0.3 is 0 Å². The van der Waals surface area contributed by atoms with Crippen molar-refractivity contribution in [2.24, 2.45) is 5.92 Å². The molecule has 0 saturated carbocycles. The van der Waals surface area contributed by atoms with Gasteiger partial charge in [-0.1, -0.05) is 109 Å². The van der Waals surface area contributed by atoms with Crippen molar-refractivity contribution in [1.29, 1.82) is 0 Å². The van der Waals surface area contributed by atoms with Gasteiger partial charge in [-0.05, 0) is 124 Å². The minimum absolute atomic E-state index is 0.131. The third-order valence-corrected chi connectivity index (χ3v) is 14.1. The molecule has 0 radical (unpaired) electrons. The number of rotatable bonds is 8. The first kappa shape index (κ1) is 35.8. The van der Waals surface area contributed by atoms with Crippen molar-refractivity contribution < 1.29 is 4.74 Å². The molecule has 3 aromatic carbocycles. The van der Waals surface area contributed by atoms with Gasteiger partial charge in [0.25, 0.3) is 0 Å². The van der Waals surface area contributed by atoms with Gasteiger partial charge in [-0.25, -0.2) is 0 Å². The van der Waals surface area contributed by atoms with Gasteiger partial charge in [-0.15, -0.1) is 0 Å². The Hall–Kier alpha value is -5.32. The van der Waals surface area contributed by atoms with Crippen molar-refractivity contribution in [3.05, 3.63) is 186 Å². The van der Waals surface area contributed by atoms with Gasteiger partial charge in [-0.3, -0.25) is 4.90 Å². The van der Waals surface area contributed by atoms with Crippen LogP contribution in [0.1, 0.15) is 99.5 Å². The highest BCUT2D eigenvalue weighted by Gasteiger charge is 2.43. The zero-order valence-corrected chi connectivity index (χ0v) is 33.6. The van der Waals surface area contributed by atoms with Crippen LogP contribution in [0.15, 0.2) is 169 Å². The van der Waals surface area contributed by atoms with Gasteiger partial charge in [0, 0.05) is 75.8 Å². The fourth-order valence-corrected chi connectivity index (χ4v) is 11.4. The summed E-state index contributed by atoms with van der Waals surface area (Å²) in [5, 5.41) is 1.35. The molecule has 0 bridgehead atoms. The van der Waals surface area contributed by atoms with E-state index in [4.69, 9.17) is 4.74 Å². The van der Waals surface area contributed by atoms with Crippen molar-refractivity contribution in [1.82, 2.24) is 9.47 Å². The number of fused-ring (bicyclic) bond motifs is 6. The molecule has 4 nitrogen and oxygen atoms in total. The number of hydrogen-bond acceptors (Lipinski definition) is 3. The number of ether oxygens (including phenoxy) is 1. The van der Waals surface area contributed by atoms with Crippen molar-refractivity contribution in [3.8, 4) is 0 Å². The monoisotopic (exact) mass is 761 g/mol. The van der Waals surface area contributed by atoms with E-state index in [-0.39, 0.29) is 6.10 Å². The van der Waals surface area contributed by atoms with E-state index in [0.29, 0.717) is 30.0 Å². The zero-order chi connectivity index (χ0) is 38.4. The summed E-state index contributed by atoms with van der Waals surface area (Å²) in [6.45, 7) is 0. The second-order valence-electron chi connectivity index (χ2n) is 17.4. The zero-order valence-electron chi connectivity index (χ0n) is 33.6. The molecule has 0 N–H and O–H groups in total. The third kappa shape index (κ3) is 6.41. The Kier molecular flexibility index (Phi) is 9.54. The summed E-state index contributed by atoms with van der Waals surface area (Å²) in [5.74, 6) is 2.05. The number of para-hydroxylation sites is 2. The maximum atomic E-state index is 6.79. The van der Waals surface area contributed by atoms with E-state index in [1.807, 2.05) is 0 Å². The fraction of sp³-hybridized carbons (Fsp3) is 0.333. The van der Waals surface area contributed by atoms with Crippen LogP contribution in [0.2, 0.25) is 0 Å². The van der Waals surface area contributed by atoms with Crippen LogP contribution in [0, 0.1) is 5.92 Å². The van der Waals surface area contributed by atoms with E-state index in [1.54, 1.807) is 0 Å². The highest BCUT2D eigenvalue weighted by molar-refractivity contribution is 5.91. The molecule has 292 valence electrons. The lowest BCUT2D eigenvalue weighted by atomic mass is 9.79. The second-order valence-corrected chi connectivity index (χ2v) is 17.4. The van der Waals surface area contributed by atoms with Crippen LogP contribution >= 0.6 is 0 Å². The maximum absolute atomic E-state index is 6.79. The molecular formula is C54H55N3O. The number of aromatic nitrogens is 1. The van der Waals surface area contributed by atoms with Crippen LogP contribution in [-0.4, -0.2) is 27.6 Å². The Morgan fingerprint density at radius 3 is 2.12 bits per heavy atom. The molecule has 0 saturated heterocycles. The van der Waals surface area contributed by atoms with E-state index in [0.717, 1.165) is 38.5 Å². The first-order chi connectivity index (χ1) is 28.8. The molecule has 4 heteroatoms. The summed E-state index contributed by atoms with van der Waals surface area (Å²) in [6, 6.07) is 31.0. The Morgan fingerprint density at radius 2 is 1.40 bits per heavy atom. The van der Waals surface area contributed by atoms with Gasteiger partial charge in [0.15, 0.2) is 0 Å². The lowest BCUT2D eigenvalue weighted by Gasteiger charge is -2.44. The quantitative estimate of drug-likeness (QED) is 0.167. The molecule has 7 aliphatic rings. The smallest absolute Gasteiger partial charge is 0.133 e. The molecule has 58 heavy (non-hydrogen) atoms.